The molecule has 0 spiro atoms. The minimum absolute atomic E-state index is 0.191. The average molecular weight is 324 g/mol. The number of methoxy groups -OCH3 is 1. The lowest BCUT2D eigenvalue weighted by Crippen LogP contribution is -2.15. The van der Waals surface area contributed by atoms with Gasteiger partial charge in [0.05, 0.1) is 5.33 Å². The van der Waals surface area contributed by atoms with E-state index >= 15 is 0 Å². The maximum absolute atomic E-state index is 5.63. The Morgan fingerprint density at radius 1 is 1.21 bits per heavy atom. The van der Waals surface area contributed by atoms with Crippen molar-refractivity contribution in [2.75, 3.05) is 7.11 Å². The number of nitrogens with zero attached hydrogens (tertiary/aromatic N) is 3. The van der Waals surface area contributed by atoms with Gasteiger partial charge in [-0.2, -0.15) is 0 Å². The molecule has 1 atom stereocenters. The van der Waals surface area contributed by atoms with Crippen molar-refractivity contribution in [3.05, 3.63) is 47.5 Å². The van der Waals surface area contributed by atoms with Gasteiger partial charge in [0, 0.05) is 13.2 Å². The molecule has 0 aliphatic rings. The molecule has 19 heavy (non-hydrogen) atoms. The van der Waals surface area contributed by atoms with Gasteiger partial charge in [0.1, 0.15) is 11.9 Å². The second-order valence-corrected chi connectivity index (χ2v) is 5.16. The fourth-order valence-electron chi connectivity index (χ4n) is 2.19. The van der Waals surface area contributed by atoms with E-state index in [2.05, 4.69) is 44.5 Å². The van der Waals surface area contributed by atoms with Gasteiger partial charge in [-0.25, -0.2) is 0 Å². The van der Waals surface area contributed by atoms with Crippen molar-refractivity contribution in [3.8, 4) is 0 Å². The zero-order chi connectivity index (χ0) is 13.8. The molecule has 0 aliphatic heterocycles. The first-order chi connectivity index (χ1) is 9.19. The van der Waals surface area contributed by atoms with Crippen molar-refractivity contribution >= 4 is 15.9 Å². The Bertz CT molecular complexity index is 525. The van der Waals surface area contributed by atoms with Crippen molar-refractivity contribution in [2.24, 2.45) is 0 Å². The van der Waals surface area contributed by atoms with Crippen LogP contribution in [0.15, 0.2) is 30.3 Å². The molecule has 0 bridgehead atoms. The summed E-state index contributed by atoms with van der Waals surface area (Å²) in [4.78, 5) is 0. The second kappa shape index (κ2) is 6.30. The SMILES string of the molecule is COC(c1ccccc1)c1nnc(CBr)n1C(C)C. The first-order valence-electron chi connectivity index (χ1n) is 6.26. The van der Waals surface area contributed by atoms with Crippen LogP contribution in [-0.4, -0.2) is 21.9 Å². The van der Waals surface area contributed by atoms with Crippen LogP contribution in [0.1, 0.15) is 43.2 Å². The van der Waals surface area contributed by atoms with Crippen molar-refractivity contribution in [1.29, 1.82) is 0 Å². The second-order valence-electron chi connectivity index (χ2n) is 4.60. The van der Waals surface area contributed by atoms with Crippen LogP contribution in [0.4, 0.5) is 0 Å². The maximum atomic E-state index is 5.63. The van der Waals surface area contributed by atoms with E-state index in [1.165, 1.54) is 0 Å². The van der Waals surface area contributed by atoms with Gasteiger partial charge in [-0.3, -0.25) is 0 Å². The van der Waals surface area contributed by atoms with Crippen molar-refractivity contribution < 1.29 is 4.74 Å². The number of benzene rings is 1. The summed E-state index contributed by atoms with van der Waals surface area (Å²) in [7, 11) is 1.70. The number of hydrogen-bond acceptors (Lipinski definition) is 3. The average Bonchev–Trinajstić information content (AvgIpc) is 2.85. The fraction of sp³-hybridized carbons (Fsp3) is 0.429. The molecular formula is C14H18BrN3O. The molecule has 1 aromatic carbocycles. The fourth-order valence-corrected chi connectivity index (χ4v) is 2.57. The summed E-state index contributed by atoms with van der Waals surface area (Å²) in [5.74, 6) is 1.76. The molecule has 0 N–H and O–H groups in total. The quantitative estimate of drug-likeness (QED) is 0.791. The molecule has 0 aliphatic carbocycles. The number of ether oxygens (including phenoxy) is 1. The summed E-state index contributed by atoms with van der Waals surface area (Å²) in [6.45, 7) is 4.24. The third-order valence-electron chi connectivity index (χ3n) is 3.00. The van der Waals surface area contributed by atoms with Gasteiger partial charge in [-0.1, -0.05) is 46.3 Å². The lowest BCUT2D eigenvalue weighted by atomic mass is 10.1. The number of hydrogen-bond donors (Lipinski definition) is 0. The molecular weight excluding hydrogens is 306 g/mol. The summed E-state index contributed by atoms with van der Waals surface area (Å²) >= 11 is 3.45. The number of rotatable bonds is 5. The van der Waals surface area contributed by atoms with E-state index in [4.69, 9.17) is 4.74 Å². The first kappa shape index (κ1) is 14.2. The number of halogens is 1. The van der Waals surface area contributed by atoms with E-state index < -0.39 is 0 Å². The van der Waals surface area contributed by atoms with Crippen LogP contribution in [0.2, 0.25) is 0 Å². The molecule has 1 unspecified atom stereocenters. The van der Waals surface area contributed by atoms with Crippen LogP contribution in [0.5, 0.6) is 0 Å². The predicted molar refractivity (Wildman–Crippen MR) is 78.3 cm³/mol. The molecule has 102 valence electrons. The lowest BCUT2D eigenvalue weighted by Gasteiger charge is -2.19. The summed E-state index contributed by atoms with van der Waals surface area (Å²) in [5.41, 5.74) is 1.08. The molecule has 5 heteroatoms. The molecule has 4 nitrogen and oxygen atoms in total. The van der Waals surface area contributed by atoms with Gasteiger partial charge in [-0.15, -0.1) is 10.2 Å². The Hall–Kier alpha value is -1.20. The Labute approximate surface area is 121 Å². The van der Waals surface area contributed by atoms with Gasteiger partial charge in [0.25, 0.3) is 0 Å². The van der Waals surface area contributed by atoms with E-state index in [0.29, 0.717) is 11.4 Å². The number of alkyl halides is 1. The highest BCUT2D eigenvalue weighted by molar-refractivity contribution is 9.08. The zero-order valence-electron chi connectivity index (χ0n) is 11.4. The Kier molecular flexibility index (Phi) is 4.71. The van der Waals surface area contributed by atoms with E-state index in [-0.39, 0.29) is 6.10 Å². The highest BCUT2D eigenvalue weighted by Crippen LogP contribution is 2.27. The molecule has 0 saturated heterocycles. The Balaban J connectivity index is 2.47. The normalized spacial score (nSPS) is 12.9. The van der Waals surface area contributed by atoms with Crippen LogP contribution in [0.25, 0.3) is 0 Å². The molecule has 0 fully saturated rings. The van der Waals surface area contributed by atoms with Crippen LogP contribution in [-0.2, 0) is 10.1 Å². The summed E-state index contributed by atoms with van der Waals surface area (Å²) in [5, 5.41) is 9.23. The summed E-state index contributed by atoms with van der Waals surface area (Å²) in [6.07, 6.45) is -0.191. The summed E-state index contributed by atoms with van der Waals surface area (Å²) in [6, 6.07) is 10.4. The van der Waals surface area contributed by atoms with Gasteiger partial charge < -0.3 is 9.30 Å². The highest BCUT2D eigenvalue weighted by atomic mass is 79.9. The lowest BCUT2D eigenvalue weighted by molar-refractivity contribution is 0.124. The largest absolute Gasteiger partial charge is 0.369 e. The minimum atomic E-state index is -0.191. The third-order valence-corrected chi connectivity index (χ3v) is 3.50. The molecule has 2 rings (SSSR count). The molecule has 0 amide bonds. The smallest absolute Gasteiger partial charge is 0.167 e. The standard InChI is InChI=1S/C14H18BrN3O/c1-10(2)18-12(9-15)16-17-14(18)13(19-3)11-7-5-4-6-8-11/h4-8,10,13H,9H2,1-3H3. The van der Waals surface area contributed by atoms with Crippen molar-refractivity contribution in [2.45, 2.75) is 31.3 Å². The minimum Gasteiger partial charge on any atom is -0.369 e. The topological polar surface area (TPSA) is 39.9 Å². The Morgan fingerprint density at radius 3 is 2.42 bits per heavy atom. The van der Waals surface area contributed by atoms with Crippen molar-refractivity contribution in [3.63, 3.8) is 0 Å². The Morgan fingerprint density at radius 2 is 1.89 bits per heavy atom. The maximum Gasteiger partial charge on any atom is 0.167 e. The van der Waals surface area contributed by atoms with E-state index in [9.17, 15) is 0 Å². The van der Waals surface area contributed by atoms with Gasteiger partial charge in [0.2, 0.25) is 0 Å². The molecule has 1 heterocycles. The van der Waals surface area contributed by atoms with Gasteiger partial charge in [-0.05, 0) is 19.4 Å². The highest BCUT2D eigenvalue weighted by Gasteiger charge is 2.23. The number of aromatic nitrogens is 3. The molecule has 2 aromatic rings. The molecule has 1 aromatic heterocycles. The molecule has 0 saturated carbocycles. The van der Waals surface area contributed by atoms with Crippen LogP contribution in [0, 0.1) is 0 Å². The zero-order valence-corrected chi connectivity index (χ0v) is 13.0. The van der Waals surface area contributed by atoms with Crippen LogP contribution >= 0.6 is 15.9 Å². The van der Waals surface area contributed by atoms with E-state index in [1.807, 2.05) is 30.3 Å². The predicted octanol–water partition coefficient (Wildman–Crippen LogP) is 3.49. The first-order valence-corrected chi connectivity index (χ1v) is 7.38. The monoisotopic (exact) mass is 323 g/mol. The van der Waals surface area contributed by atoms with E-state index in [1.54, 1.807) is 7.11 Å². The van der Waals surface area contributed by atoms with E-state index in [0.717, 1.165) is 17.2 Å². The van der Waals surface area contributed by atoms with Crippen molar-refractivity contribution in [1.82, 2.24) is 14.8 Å². The third kappa shape index (κ3) is 2.87. The van der Waals surface area contributed by atoms with Gasteiger partial charge in [0.15, 0.2) is 5.82 Å². The summed E-state index contributed by atoms with van der Waals surface area (Å²) < 4.78 is 7.75. The van der Waals surface area contributed by atoms with Gasteiger partial charge >= 0.3 is 0 Å². The van der Waals surface area contributed by atoms with Crippen LogP contribution in [0.3, 0.4) is 0 Å². The van der Waals surface area contributed by atoms with Crippen LogP contribution < -0.4 is 0 Å². The molecule has 0 radical (unpaired) electrons.